The van der Waals surface area contributed by atoms with Crippen molar-refractivity contribution in [2.24, 2.45) is 0 Å². The molecule has 2 N–H and O–H groups in total. The minimum atomic E-state index is -0.595. The van der Waals surface area contributed by atoms with Gasteiger partial charge in [-0.25, -0.2) is 4.79 Å². The second-order valence-corrected chi connectivity index (χ2v) is 6.87. The van der Waals surface area contributed by atoms with E-state index in [1.165, 1.54) is 4.90 Å². The number of hydrogen-bond donors (Lipinski definition) is 2. The Morgan fingerprint density at radius 1 is 1.19 bits per heavy atom. The minimum Gasteiger partial charge on any atom is -0.497 e. The largest absolute Gasteiger partial charge is 0.497 e. The van der Waals surface area contributed by atoms with Gasteiger partial charge in [0.25, 0.3) is 0 Å². The molecule has 0 heterocycles. The number of anilines is 1. The molecule has 0 spiro atoms. The minimum absolute atomic E-state index is 0.0705. The molecule has 0 saturated heterocycles. The molecular weight excluding hydrogens is 350 g/mol. The maximum absolute atomic E-state index is 12.3. The molecule has 0 aliphatic rings. The second-order valence-electron chi connectivity index (χ2n) is 6.87. The molecule has 0 radical (unpaired) electrons. The second kappa shape index (κ2) is 10.4. The molecule has 0 unspecified atom stereocenters. The van der Waals surface area contributed by atoms with Crippen molar-refractivity contribution in [2.75, 3.05) is 32.1 Å². The summed E-state index contributed by atoms with van der Waals surface area (Å²) in [5, 5.41) is 5.27. The number of carbonyl (C=O) groups is 3. The van der Waals surface area contributed by atoms with Gasteiger partial charge in [-0.1, -0.05) is 6.07 Å². The number of methoxy groups -OCH3 is 1. The number of benzene rings is 1. The van der Waals surface area contributed by atoms with Gasteiger partial charge < -0.3 is 25.0 Å². The molecule has 1 aromatic rings. The van der Waals surface area contributed by atoms with Crippen LogP contribution in [0.15, 0.2) is 24.3 Å². The highest BCUT2D eigenvalue weighted by molar-refractivity contribution is 5.94. The number of nitrogens with zero attached hydrogens (tertiary/aromatic N) is 1. The smallest absolute Gasteiger partial charge is 0.407 e. The average molecular weight is 379 g/mol. The number of hydrogen-bond acceptors (Lipinski definition) is 5. The van der Waals surface area contributed by atoms with E-state index in [0.29, 0.717) is 18.0 Å². The summed E-state index contributed by atoms with van der Waals surface area (Å²) >= 11 is 0. The first-order chi connectivity index (χ1) is 12.6. The predicted molar refractivity (Wildman–Crippen MR) is 103 cm³/mol. The molecule has 0 atom stereocenters. The molecule has 1 rings (SSSR count). The van der Waals surface area contributed by atoms with Gasteiger partial charge in [0.05, 0.1) is 13.7 Å². The number of likely N-dealkylation sites (N-methyl/N-ethyl adjacent to an activating group) is 1. The number of nitrogens with one attached hydrogen (secondary N) is 2. The maximum Gasteiger partial charge on any atom is 0.407 e. The van der Waals surface area contributed by atoms with Gasteiger partial charge in [0.2, 0.25) is 11.8 Å². The van der Waals surface area contributed by atoms with Crippen LogP contribution in [0.2, 0.25) is 0 Å². The number of carbonyl (C=O) groups excluding carboxylic acids is 3. The molecule has 0 saturated carbocycles. The predicted octanol–water partition coefficient (Wildman–Crippen LogP) is 2.40. The van der Waals surface area contributed by atoms with Crippen molar-refractivity contribution in [1.82, 2.24) is 10.2 Å². The highest BCUT2D eigenvalue weighted by atomic mass is 16.6. The summed E-state index contributed by atoms with van der Waals surface area (Å²) in [6, 6.07) is 6.97. The SMILES string of the molecule is CCN(CC(=O)Nc1cccc(OC)c1)C(=O)CCNC(=O)OC(C)(C)C. The molecule has 8 heteroatoms. The van der Waals surface area contributed by atoms with E-state index >= 15 is 0 Å². The van der Waals surface area contributed by atoms with E-state index in [1.54, 1.807) is 59.1 Å². The van der Waals surface area contributed by atoms with E-state index in [-0.39, 0.29) is 31.3 Å². The lowest BCUT2D eigenvalue weighted by Crippen LogP contribution is -2.40. The van der Waals surface area contributed by atoms with E-state index in [0.717, 1.165) is 0 Å². The Bertz CT molecular complexity index is 655. The Morgan fingerprint density at radius 3 is 2.48 bits per heavy atom. The lowest BCUT2D eigenvalue weighted by Gasteiger charge is -2.22. The van der Waals surface area contributed by atoms with E-state index in [4.69, 9.17) is 9.47 Å². The first kappa shape index (κ1) is 22.3. The standard InChI is InChI=1S/C19H29N3O5/c1-6-22(17(24)10-11-20-18(25)27-19(2,3)4)13-16(23)21-14-8-7-9-15(12-14)26-5/h7-9,12H,6,10-11,13H2,1-5H3,(H,20,25)(H,21,23). The molecule has 0 bridgehead atoms. The van der Waals surface area contributed by atoms with Gasteiger partial charge in [0.15, 0.2) is 0 Å². The van der Waals surface area contributed by atoms with E-state index in [1.807, 2.05) is 0 Å². The van der Waals surface area contributed by atoms with Crippen molar-refractivity contribution in [2.45, 2.75) is 39.7 Å². The fourth-order valence-electron chi connectivity index (χ4n) is 2.19. The quantitative estimate of drug-likeness (QED) is 0.723. The molecule has 27 heavy (non-hydrogen) atoms. The Kier molecular flexibility index (Phi) is 8.58. The highest BCUT2D eigenvalue weighted by Crippen LogP contribution is 2.16. The van der Waals surface area contributed by atoms with Crippen molar-refractivity contribution in [3.8, 4) is 5.75 Å². The maximum atomic E-state index is 12.3. The van der Waals surface area contributed by atoms with Crippen LogP contribution in [0.5, 0.6) is 5.75 Å². The van der Waals surface area contributed by atoms with Crippen LogP contribution in [-0.2, 0) is 14.3 Å². The zero-order valence-electron chi connectivity index (χ0n) is 16.6. The first-order valence-electron chi connectivity index (χ1n) is 8.83. The normalized spacial score (nSPS) is 10.7. The molecular formula is C19H29N3O5. The van der Waals surface area contributed by atoms with Crippen LogP contribution in [0, 0.1) is 0 Å². The fraction of sp³-hybridized carbons (Fsp3) is 0.526. The van der Waals surface area contributed by atoms with Crippen LogP contribution in [0.4, 0.5) is 10.5 Å². The van der Waals surface area contributed by atoms with E-state index in [2.05, 4.69) is 10.6 Å². The Morgan fingerprint density at radius 2 is 1.89 bits per heavy atom. The van der Waals surface area contributed by atoms with Gasteiger partial charge in [-0.15, -0.1) is 0 Å². The fourth-order valence-corrected chi connectivity index (χ4v) is 2.19. The lowest BCUT2D eigenvalue weighted by atomic mass is 10.2. The van der Waals surface area contributed by atoms with Crippen LogP contribution in [-0.4, -0.2) is 55.2 Å². The van der Waals surface area contributed by atoms with Crippen LogP contribution >= 0.6 is 0 Å². The zero-order valence-corrected chi connectivity index (χ0v) is 16.6. The summed E-state index contributed by atoms with van der Waals surface area (Å²) in [7, 11) is 1.55. The van der Waals surface area contributed by atoms with Crippen LogP contribution in [0.25, 0.3) is 0 Å². The lowest BCUT2D eigenvalue weighted by molar-refractivity contribution is -0.134. The third kappa shape index (κ3) is 8.94. The van der Waals surface area contributed by atoms with E-state index < -0.39 is 11.7 Å². The van der Waals surface area contributed by atoms with Crippen molar-refractivity contribution in [3.05, 3.63) is 24.3 Å². The molecule has 0 aromatic heterocycles. The van der Waals surface area contributed by atoms with Crippen LogP contribution in [0.3, 0.4) is 0 Å². The highest BCUT2D eigenvalue weighted by Gasteiger charge is 2.18. The average Bonchev–Trinajstić information content (AvgIpc) is 2.58. The Labute approximate surface area is 160 Å². The number of rotatable bonds is 8. The molecule has 1 aromatic carbocycles. The summed E-state index contributed by atoms with van der Waals surface area (Å²) in [6.45, 7) is 7.53. The molecule has 0 aliphatic heterocycles. The van der Waals surface area contributed by atoms with Gasteiger partial charge in [0.1, 0.15) is 11.4 Å². The molecule has 3 amide bonds. The summed E-state index contributed by atoms with van der Waals surface area (Å²) in [5.41, 5.74) is -0.00340. The molecule has 0 aliphatic carbocycles. The Hall–Kier alpha value is -2.77. The van der Waals surface area contributed by atoms with Gasteiger partial charge in [-0.3, -0.25) is 9.59 Å². The van der Waals surface area contributed by atoms with Crippen molar-refractivity contribution in [3.63, 3.8) is 0 Å². The Balaban J connectivity index is 2.46. The molecule has 8 nitrogen and oxygen atoms in total. The summed E-state index contributed by atoms with van der Waals surface area (Å²) < 4.78 is 10.2. The van der Waals surface area contributed by atoms with Crippen LogP contribution < -0.4 is 15.4 Å². The summed E-state index contributed by atoms with van der Waals surface area (Å²) in [4.78, 5) is 37.5. The van der Waals surface area contributed by atoms with E-state index in [9.17, 15) is 14.4 Å². The first-order valence-corrected chi connectivity index (χ1v) is 8.83. The molecule has 150 valence electrons. The zero-order chi connectivity index (χ0) is 20.4. The van der Waals surface area contributed by atoms with Gasteiger partial charge in [-0.05, 0) is 39.8 Å². The van der Waals surface area contributed by atoms with Crippen molar-refractivity contribution < 1.29 is 23.9 Å². The summed E-state index contributed by atoms with van der Waals surface area (Å²) in [6.07, 6.45) is -0.492. The van der Waals surface area contributed by atoms with Crippen LogP contribution in [0.1, 0.15) is 34.1 Å². The van der Waals surface area contributed by atoms with Gasteiger partial charge >= 0.3 is 6.09 Å². The van der Waals surface area contributed by atoms with Gasteiger partial charge in [-0.2, -0.15) is 0 Å². The van der Waals surface area contributed by atoms with Gasteiger partial charge in [0, 0.05) is 31.3 Å². The number of amides is 3. The van der Waals surface area contributed by atoms with Crippen molar-refractivity contribution >= 4 is 23.6 Å². The topological polar surface area (TPSA) is 97.0 Å². The van der Waals surface area contributed by atoms with Crippen molar-refractivity contribution in [1.29, 1.82) is 0 Å². The number of ether oxygens (including phenoxy) is 2. The molecule has 0 fully saturated rings. The monoisotopic (exact) mass is 379 g/mol. The number of alkyl carbamates (subject to hydrolysis) is 1. The third-order valence-corrected chi connectivity index (χ3v) is 3.43. The third-order valence-electron chi connectivity index (χ3n) is 3.43. The summed E-state index contributed by atoms with van der Waals surface area (Å²) in [5.74, 6) is 0.0948.